The fourth-order valence-electron chi connectivity index (χ4n) is 7.43. The van der Waals surface area contributed by atoms with Crippen LogP contribution < -0.4 is 0 Å². The zero-order valence-corrected chi connectivity index (χ0v) is 42.0. The predicted molar refractivity (Wildman–Crippen MR) is 274 cm³/mol. The minimum Gasteiger partial charge on any atom is -0.462 e. The number of esters is 3. The summed E-state index contributed by atoms with van der Waals surface area (Å²) in [7, 11) is 0. The van der Waals surface area contributed by atoms with Gasteiger partial charge in [-0.3, -0.25) is 14.4 Å². The monoisotopic (exact) mass is 893 g/mol. The summed E-state index contributed by atoms with van der Waals surface area (Å²) in [6.07, 6.45) is 66.0. The molecule has 0 aliphatic carbocycles. The maximum absolute atomic E-state index is 12.8. The van der Waals surface area contributed by atoms with Crippen LogP contribution >= 0.6 is 0 Å². The van der Waals surface area contributed by atoms with Gasteiger partial charge in [-0.25, -0.2) is 0 Å². The first-order valence-electron chi connectivity index (χ1n) is 27.0. The zero-order valence-electron chi connectivity index (χ0n) is 42.0. The van der Waals surface area contributed by atoms with Gasteiger partial charge in [-0.1, -0.05) is 222 Å². The van der Waals surface area contributed by atoms with E-state index in [2.05, 4.69) is 93.7 Å². The lowest BCUT2D eigenvalue weighted by molar-refractivity contribution is -0.167. The molecule has 0 aromatic heterocycles. The first-order valence-corrected chi connectivity index (χ1v) is 27.0. The Morgan fingerprint density at radius 2 is 0.625 bits per heavy atom. The molecule has 0 rings (SSSR count). The number of hydrogen-bond acceptors (Lipinski definition) is 6. The van der Waals surface area contributed by atoms with Gasteiger partial charge in [-0.2, -0.15) is 0 Å². The first-order chi connectivity index (χ1) is 31.5. The van der Waals surface area contributed by atoms with E-state index >= 15 is 0 Å². The van der Waals surface area contributed by atoms with Crippen LogP contribution in [0, 0.1) is 0 Å². The number of unbranched alkanes of at least 4 members (excludes halogenated alkanes) is 28. The largest absolute Gasteiger partial charge is 0.462 e. The van der Waals surface area contributed by atoms with E-state index in [-0.39, 0.29) is 31.1 Å². The summed E-state index contributed by atoms with van der Waals surface area (Å²) in [5.74, 6) is -0.943. The molecule has 0 aromatic carbocycles. The van der Waals surface area contributed by atoms with Gasteiger partial charge in [-0.15, -0.1) is 0 Å². The highest BCUT2D eigenvalue weighted by molar-refractivity contribution is 5.71. The van der Waals surface area contributed by atoms with Crippen LogP contribution in [-0.2, 0) is 28.6 Å². The highest BCUT2D eigenvalue weighted by Crippen LogP contribution is 2.14. The molecule has 6 nitrogen and oxygen atoms in total. The first kappa shape index (κ1) is 60.9. The van der Waals surface area contributed by atoms with Crippen LogP contribution in [0.25, 0.3) is 0 Å². The Labute approximate surface area is 395 Å². The van der Waals surface area contributed by atoms with Gasteiger partial charge >= 0.3 is 17.9 Å². The molecule has 0 aliphatic heterocycles. The van der Waals surface area contributed by atoms with Gasteiger partial charge in [0.05, 0.1) is 0 Å². The minimum atomic E-state index is -0.799. The Balaban J connectivity index is 4.44. The second-order valence-electron chi connectivity index (χ2n) is 17.8. The van der Waals surface area contributed by atoms with Gasteiger partial charge in [0.25, 0.3) is 0 Å². The molecule has 64 heavy (non-hydrogen) atoms. The minimum absolute atomic E-state index is 0.0950. The molecule has 0 N–H and O–H groups in total. The number of ether oxygens (including phenoxy) is 3. The van der Waals surface area contributed by atoms with Crippen LogP contribution in [0.5, 0.6) is 0 Å². The van der Waals surface area contributed by atoms with Crippen LogP contribution in [0.4, 0.5) is 0 Å². The Morgan fingerprint density at radius 1 is 0.328 bits per heavy atom. The number of rotatable bonds is 48. The summed E-state index contributed by atoms with van der Waals surface area (Å²) >= 11 is 0. The van der Waals surface area contributed by atoms with Crippen molar-refractivity contribution in [2.75, 3.05) is 13.2 Å². The molecule has 0 fully saturated rings. The van der Waals surface area contributed by atoms with Crippen molar-refractivity contribution in [3.63, 3.8) is 0 Å². The molecule has 0 radical (unpaired) electrons. The van der Waals surface area contributed by atoms with E-state index in [0.717, 1.165) is 96.3 Å². The lowest BCUT2D eigenvalue weighted by Crippen LogP contribution is -2.30. The standard InChI is InChI=1S/C58H100O6/c1-4-7-10-13-16-19-22-25-27-29-31-33-36-39-42-45-48-51-57(60)63-54-55(53-62-56(59)50-47-44-41-38-35-32-24-21-18-15-12-9-6-3)64-58(61)52-49-46-43-40-37-34-30-28-26-23-20-17-14-11-8-5-2/h9,12,15,18,21,24-25,27-28,30,34,37,55H,4-8,10-11,13-14,16-17,19-20,22-23,26,29,31-33,35-36,38-54H2,1-3H3/b12-9-,18-15-,24-21-,27-25-,30-28-,37-34-. The molecule has 1 unspecified atom stereocenters. The fourth-order valence-corrected chi connectivity index (χ4v) is 7.43. The quantitative estimate of drug-likeness (QED) is 0.0199. The Bertz CT molecular complexity index is 1210. The van der Waals surface area contributed by atoms with Crippen LogP contribution in [0.2, 0.25) is 0 Å². The second kappa shape index (κ2) is 52.5. The van der Waals surface area contributed by atoms with Gasteiger partial charge in [0.1, 0.15) is 13.2 Å². The molecule has 1 atom stereocenters. The molecule has 0 aliphatic rings. The summed E-state index contributed by atoms with van der Waals surface area (Å²) in [5.41, 5.74) is 0. The Kier molecular flexibility index (Phi) is 49.9. The molecule has 0 bridgehead atoms. The maximum atomic E-state index is 12.8. The van der Waals surface area contributed by atoms with E-state index in [9.17, 15) is 14.4 Å². The topological polar surface area (TPSA) is 78.9 Å². The van der Waals surface area contributed by atoms with E-state index < -0.39 is 6.10 Å². The predicted octanol–water partition coefficient (Wildman–Crippen LogP) is 17.8. The Morgan fingerprint density at radius 3 is 1.02 bits per heavy atom. The van der Waals surface area contributed by atoms with E-state index in [4.69, 9.17) is 14.2 Å². The van der Waals surface area contributed by atoms with Crippen molar-refractivity contribution in [3.8, 4) is 0 Å². The van der Waals surface area contributed by atoms with Crippen molar-refractivity contribution in [2.24, 2.45) is 0 Å². The summed E-state index contributed by atoms with van der Waals surface area (Å²) in [6, 6.07) is 0. The van der Waals surface area contributed by atoms with Gasteiger partial charge < -0.3 is 14.2 Å². The third kappa shape index (κ3) is 49.9. The normalized spacial score (nSPS) is 12.6. The fraction of sp³-hybridized carbons (Fsp3) is 0.741. The second-order valence-corrected chi connectivity index (χ2v) is 17.8. The average molecular weight is 893 g/mol. The van der Waals surface area contributed by atoms with E-state index in [0.29, 0.717) is 19.3 Å². The van der Waals surface area contributed by atoms with Crippen molar-refractivity contribution in [3.05, 3.63) is 72.9 Å². The van der Waals surface area contributed by atoms with E-state index in [1.807, 2.05) is 0 Å². The van der Waals surface area contributed by atoms with Gasteiger partial charge in [-0.05, 0) is 89.9 Å². The van der Waals surface area contributed by atoms with Crippen LogP contribution in [-0.4, -0.2) is 37.2 Å². The molecule has 0 saturated carbocycles. The molecular weight excluding hydrogens is 793 g/mol. The van der Waals surface area contributed by atoms with Crippen LogP contribution in [0.15, 0.2) is 72.9 Å². The van der Waals surface area contributed by atoms with Crippen molar-refractivity contribution in [1.29, 1.82) is 0 Å². The van der Waals surface area contributed by atoms with E-state index in [1.54, 1.807) is 0 Å². The summed E-state index contributed by atoms with van der Waals surface area (Å²) in [6.45, 7) is 6.46. The van der Waals surface area contributed by atoms with Crippen molar-refractivity contribution >= 4 is 17.9 Å². The average Bonchev–Trinajstić information content (AvgIpc) is 3.29. The third-order valence-corrected chi connectivity index (χ3v) is 11.5. The summed E-state index contributed by atoms with van der Waals surface area (Å²) < 4.78 is 16.8. The molecule has 6 heteroatoms. The molecule has 0 heterocycles. The number of carbonyl (C=O) groups excluding carboxylic acids is 3. The molecule has 368 valence electrons. The molecule has 0 spiro atoms. The number of hydrogen-bond donors (Lipinski definition) is 0. The van der Waals surface area contributed by atoms with Crippen molar-refractivity contribution in [1.82, 2.24) is 0 Å². The highest BCUT2D eigenvalue weighted by atomic mass is 16.6. The number of allylic oxidation sites excluding steroid dienone is 12. The Hall–Kier alpha value is -3.15. The summed E-state index contributed by atoms with van der Waals surface area (Å²) in [5, 5.41) is 0. The third-order valence-electron chi connectivity index (χ3n) is 11.5. The van der Waals surface area contributed by atoms with Crippen LogP contribution in [0.3, 0.4) is 0 Å². The van der Waals surface area contributed by atoms with Gasteiger partial charge in [0.15, 0.2) is 6.10 Å². The lowest BCUT2D eigenvalue weighted by Gasteiger charge is -2.18. The van der Waals surface area contributed by atoms with Crippen LogP contribution in [0.1, 0.15) is 258 Å². The van der Waals surface area contributed by atoms with E-state index in [1.165, 1.54) is 122 Å². The van der Waals surface area contributed by atoms with Crippen molar-refractivity contribution in [2.45, 2.75) is 264 Å². The SMILES string of the molecule is CC\C=C/C=C\C=C/CCCCCCCC(=O)OCC(COC(=O)CCCCCCCCC/C=C\CCCCCCCC)OC(=O)CCCCC/C=C\C=C/CCCCCCCCC. The molecular formula is C58H100O6. The van der Waals surface area contributed by atoms with Gasteiger partial charge in [0, 0.05) is 19.3 Å². The molecule has 0 amide bonds. The smallest absolute Gasteiger partial charge is 0.306 e. The zero-order chi connectivity index (χ0) is 46.5. The summed E-state index contributed by atoms with van der Waals surface area (Å²) in [4.78, 5) is 38.0. The van der Waals surface area contributed by atoms with Gasteiger partial charge in [0.2, 0.25) is 0 Å². The molecule has 0 saturated heterocycles. The molecule has 0 aromatic rings. The highest BCUT2D eigenvalue weighted by Gasteiger charge is 2.19. The number of carbonyl (C=O) groups is 3. The van der Waals surface area contributed by atoms with Crippen molar-refractivity contribution < 1.29 is 28.6 Å². The maximum Gasteiger partial charge on any atom is 0.306 e. The lowest BCUT2D eigenvalue weighted by atomic mass is 10.1.